The molecule has 0 aliphatic rings. The number of benzene rings is 1. The molecule has 0 saturated carbocycles. The van der Waals surface area contributed by atoms with E-state index >= 15 is 0 Å². The molecule has 0 spiro atoms. The van der Waals surface area contributed by atoms with E-state index in [4.69, 9.17) is 0 Å². The Morgan fingerprint density at radius 3 is 2.69 bits per heavy atom. The lowest BCUT2D eigenvalue weighted by molar-refractivity contribution is -0.385. The van der Waals surface area contributed by atoms with Crippen LogP contribution < -0.4 is 0 Å². The van der Waals surface area contributed by atoms with Crippen LogP contribution in [-0.4, -0.2) is 11.2 Å². The monoisotopic (exact) mass is 243 g/mol. The highest BCUT2D eigenvalue weighted by atomic mass is 79.9. The van der Waals surface area contributed by atoms with Crippen LogP contribution in [0.2, 0.25) is 0 Å². The minimum absolute atomic E-state index is 0.00893. The predicted molar refractivity (Wildman–Crippen MR) is 50.6 cm³/mol. The number of carbonyl (C=O) groups excluding carboxylic acids is 1. The zero-order valence-corrected chi connectivity index (χ0v) is 8.15. The fourth-order valence-electron chi connectivity index (χ4n) is 0.922. The third-order valence-corrected chi connectivity index (χ3v) is 2.16. The fourth-order valence-corrected chi connectivity index (χ4v) is 1.49. The van der Waals surface area contributed by atoms with Gasteiger partial charge in [-0.05, 0) is 27.6 Å². The SMILES string of the molecule is O=CCc1ccc([N+](=O)[O-])c(Br)c1. The van der Waals surface area contributed by atoms with Crippen LogP contribution in [0.3, 0.4) is 0 Å². The quantitative estimate of drug-likeness (QED) is 0.464. The standard InChI is InChI=1S/C8H6BrNO3/c9-7-5-6(3-4-11)1-2-8(7)10(12)13/h1-2,4-5H,3H2. The van der Waals surface area contributed by atoms with Gasteiger partial charge in [0.05, 0.1) is 9.40 Å². The van der Waals surface area contributed by atoms with Gasteiger partial charge >= 0.3 is 0 Å². The van der Waals surface area contributed by atoms with Gasteiger partial charge in [-0.15, -0.1) is 0 Å². The van der Waals surface area contributed by atoms with Crippen molar-refractivity contribution in [3.05, 3.63) is 38.3 Å². The summed E-state index contributed by atoms with van der Waals surface area (Å²) in [6, 6.07) is 4.52. The average Bonchev–Trinajstić information content (AvgIpc) is 2.04. The molecule has 0 aromatic heterocycles. The van der Waals surface area contributed by atoms with Gasteiger partial charge in [0.2, 0.25) is 0 Å². The maximum atomic E-state index is 10.4. The van der Waals surface area contributed by atoms with Crippen molar-refractivity contribution < 1.29 is 9.72 Å². The molecule has 0 N–H and O–H groups in total. The molecule has 0 aliphatic heterocycles. The third kappa shape index (κ3) is 2.35. The molecule has 4 nitrogen and oxygen atoms in total. The van der Waals surface area contributed by atoms with Crippen LogP contribution in [0.25, 0.3) is 0 Å². The smallest absolute Gasteiger partial charge is 0.283 e. The topological polar surface area (TPSA) is 60.2 Å². The minimum atomic E-state index is -0.477. The number of rotatable bonds is 3. The van der Waals surface area contributed by atoms with Crippen molar-refractivity contribution in [2.75, 3.05) is 0 Å². The van der Waals surface area contributed by atoms with Crippen molar-refractivity contribution in [3.63, 3.8) is 0 Å². The van der Waals surface area contributed by atoms with Crippen molar-refractivity contribution in [1.29, 1.82) is 0 Å². The van der Waals surface area contributed by atoms with E-state index in [1.807, 2.05) is 0 Å². The summed E-state index contributed by atoms with van der Waals surface area (Å²) in [5.41, 5.74) is 0.766. The number of nitro benzene ring substituents is 1. The van der Waals surface area contributed by atoms with Gasteiger partial charge in [-0.1, -0.05) is 6.07 Å². The van der Waals surface area contributed by atoms with Gasteiger partial charge in [0.1, 0.15) is 6.29 Å². The Kier molecular flexibility index (Phi) is 3.13. The maximum absolute atomic E-state index is 10.4. The van der Waals surface area contributed by atoms with Crippen LogP contribution in [0.5, 0.6) is 0 Å². The Morgan fingerprint density at radius 1 is 1.54 bits per heavy atom. The van der Waals surface area contributed by atoms with E-state index in [1.54, 1.807) is 12.1 Å². The van der Waals surface area contributed by atoms with Crippen molar-refractivity contribution in [2.24, 2.45) is 0 Å². The van der Waals surface area contributed by atoms with Gasteiger partial charge in [0.15, 0.2) is 0 Å². The molecule has 0 heterocycles. The Labute approximate surface area is 82.8 Å². The first-order valence-corrected chi connectivity index (χ1v) is 4.31. The molecule has 0 saturated heterocycles. The number of hydrogen-bond donors (Lipinski definition) is 0. The zero-order chi connectivity index (χ0) is 9.84. The van der Waals surface area contributed by atoms with Gasteiger partial charge in [-0.2, -0.15) is 0 Å². The van der Waals surface area contributed by atoms with Gasteiger partial charge in [-0.3, -0.25) is 10.1 Å². The summed E-state index contributed by atoms with van der Waals surface area (Å²) in [6.07, 6.45) is 1.03. The minimum Gasteiger partial charge on any atom is -0.303 e. The van der Waals surface area contributed by atoms with Crippen LogP contribution in [-0.2, 0) is 11.2 Å². The summed E-state index contributed by atoms with van der Waals surface area (Å²) in [5.74, 6) is 0. The van der Waals surface area contributed by atoms with Crippen LogP contribution in [0.1, 0.15) is 5.56 Å². The second kappa shape index (κ2) is 4.13. The molecule has 0 amide bonds. The van der Waals surface area contributed by atoms with E-state index in [0.717, 1.165) is 11.8 Å². The maximum Gasteiger partial charge on any atom is 0.283 e. The lowest BCUT2D eigenvalue weighted by Gasteiger charge is -1.97. The van der Waals surface area contributed by atoms with Gasteiger partial charge in [-0.25, -0.2) is 0 Å². The number of aldehydes is 1. The molecule has 0 radical (unpaired) electrons. The van der Waals surface area contributed by atoms with Gasteiger partial charge < -0.3 is 4.79 Å². The second-order valence-corrected chi connectivity index (χ2v) is 3.27. The molecular formula is C8H6BrNO3. The first kappa shape index (κ1) is 9.85. The number of carbonyl (C=O) groups is 1. The van der Waals surface area contributed by atoms with Crippen molar-refractivity contribution in [3.8, 4) is 0 Å². The van der Waals surface area contributed by atoms with E-state index in [9.17, 15) is 14.9 Å². The summed E-state index contributed by atoms with van der Waals surface area (Å²) in [5, 5.41) is 10.4. The molecule has 0 unspecified atom stereocenters. The molecule has 68 valence electrons. The van der Waals surface area contributed by atoms with Crippen molar-refractivity contribution in [1.82, 2.24) is 0 Å². The van der Waals surface area contributed by atoms with Crippen LogP contribution >= 0.6 is 15.9 Å². The number of hydrogen-bond acceptors (Lipinski definition) is 3. The molecule has 1 aromatic carbocycles. The second-order valence-electron chi connectivity index (χ2n) is 2.41. The van der Waals surface area contributed by atoms with Crippen LogP contribution in [0.15, 0.2) is 22.7 Å². The molecule has 0 atom stereocenters. The molecule has 1 aromatic rings. The third-order valence-electron chi connectivity index (χ3n) is 1.53. The Bertz CT molecular complexity index is 351. The van der Waals surface area contributed by atoms with Gasteiger partial charge in [0.25, 0.3) is 5.69 Å². The molecule has 5 heteroatoms. The zero-order valence-electron chi connectivity index (χ0n) is 6.57. The molecule has 0 aliphatic carbocycles. The molecule has 0 bridgehead atoms. The highest BCUT2D eigenvalue weighted by Crippen LogP contribution is 2.25. The van der Waals surface area contributed by atoms with Crippen LogP contribution in [0, 0.1) is 10.1 Å². The number of nitrogens with zero attached hydrogens (tertiary/aromatic N) is 1. The largest absolute Gasteiger partial charge is 0.303 e. The van der Waals surface area contributed by atoms with Crippen LogP contribution in [0.4, 0.5) is 5.69 Å². The highest BCUT2D eigenvalue weighted by molar-refractivity contribution is 9.10. The first-order chi connectivity index (χ1) is 6.15. The van der Waals surface area contributed by atoms with Crippen molar-refractivity contribution >= 4 is 27.9 Å². The number of halogens is 1. The Morgan fingerprint density at radius 2 is 2.23 bits per heavy atom. The summed E-state index contributed by atoms with van der Waals surface area (Å²) in [7, 11) is 0. The predicted octanol–water partition coefficient (Wildman–Crippen LogP) is 2.10. The number of nitro groups is 1. The van der Waals surface area contributed by atoms with E-state index in [1.165, 1.54) is 6.07 Å². The Hall–Kier alpha value is -1.23. The highest BCUT2D eigenvalue weighted by Gasteiger charge is 2.10. The lowest BCUT2D eigenvalue weighted by Crippen LogP contribution is -1.91. The lowest BCUT2D eigenvalue weighted by atomic mass is 10.1. The summed E-state index contributed by atoms with van der Waals surface area (Å²) < 4.78 is 0.400. The average molecular weight is 244 g/mol. The molecular weight excluding hydrogens is 238 g/mol. The molecule has 1 rings (SSSR count). The van der Waals surface area contributed by atoms with Gasteiger partial charge in [0, 0.05) is 12.5 Å². The fraction of sp³-hybridized carbons (Fsp3) is 0.125. The van der Waals surface area contributed by atoms with E-state index in [0.29, 0.717) is 4.47 Å². The van der Waals surface area contributed by atoms with E-state index in [2.05, 4.69) is 15.9 Å². The summed E-state index contributed by atoms with van der Waals surface area (Å²) in [6.45, 7) is 0. The van der Waals surface area contributed by atoms with E-state index < -0.39 is 4.92 Å². The summed E-state index contributed by atoms with van der Waals surface area (Å²) in [4.78, 5) is 20.1. The molecule has 0 fully saturated rings. The Balaban J connectivity index is 3.05. The summed E-state index contributed by atoms with van der Waals surface area (Å²) >= 11 is 3.06. The normalized spacial score (nSPS) is 9.62. The van der Waals surface area contributed by atoms with E-state index in [-0.39, 0.29) is 12.1 Å². The molecule has 13 heavy (non-hydrogen) atoms. The first-order valence-electron chi connectivity index (χ1n) is 3.51. The van der Waals surface area contributed by atoms with Crippen molar-refractivity contribution in [2.45, 2.75) is 6.42 Å².